The minimum Gasteiger partial charge on any atom is -0.461 e. The van der Waals surface area contributed by atoms with Gasteiger partial charge in [0.1, 0.15) is 17.2 Å². The van der Waals surface area contributed by atoms with Gasteiger partial charge in [0.2, 0.25) is 0 Å². The molecule has 3 heteroatoms. The quantitative estimate of drug-likeness (QED) is 0.677. The van der Waals surface area contributed by atoms with Gasteiger partial charge in [-0.1, -0.05) is 0 Å². The third-order valence-electron chi connectivity index (χ3n) is 3.21. The van der Waals surface area contributed by atoms with Crippen molar-refractivity contribution < 1.29 is 8.81 Å². The van der Waals surface area contributed by atoms with E-state index in [1.807, 2.05) is 6.07 Å². The molecule has 1 aromatic carbocycles. The van der Waals surface area contributed by atoms with Gasteiger partial charge in [-0.25, -0.2) is 4.39 Å². The van der Waals surface area contributed by atoms with Crippen LogP contribution in [0.1, 0.15) is 17.7 Å². The molecule has 16 heavy (non-hydrogen) atoms. The smallest absolute Gasteiger partial charge is 0.137 e. The van der Waals surface area contributed by atoms with Gasteiger partial charge in [-0.3, -0.25) is 0 Å². The van der Waals surface area contributed by atoms with Crippen LogP contribution < -0.4 is 0 Å². The summed E-state index contributed by atoms with van der Waals surface area (Å²) in [5.41, 5.74) is 1.91. The highest BCUT2D eigenvalue weighted by molar-refractivity contribution is 5.82. The minimum absolute atomic E-state index is 0.232. The van der Waals surface area contributed by atoms with E-state index in [2.05, 4.69) is 11.9 Å². The van der Waals surface area contributed by atoms with Gasteiger partial charge in [0, 0.05) is 30.0 Å². The van der Waals surface area contributed by atoms with Crippen molar-refractivity contribution in [3.05, 3.63) is 35.3 Å². The molecular weight excluding hydrogens is 205 g/mol. The molecule has 1 aromatic heterocycles. The summed E-state index contributed by atoms with van der Waals surface area (Å²) >= 11 is 0. The first kappa shape index (κ1) is 9.85. The molecule has 1 aliphatic heterocycles. The van der Waals surface area contributed by atoms with Crippen LogP contribution in [-0.2, 0) is 13.0 Å². The van der Waals surface area contributed by atoms with Crippen molar-refractivity contribution in [2.24, 2.45) is 0 Å². The zero-order valence-corrected chi connectivity index (χ0v) is 9.29. The molecule has 0 saturated heterocycles. The molecule has 84 valence electrons. The SMILES string of the molecule is CN1CCCc2oc3cc(F)ccc3c2C1. The van der Waals surface area contributed by atoms with E-state index in [1.54, 1.807) is 0 Å². The zero-order chi connectivity index (χ0) is 11.1. The standard InChI is InChI=1S/C13H14FNO/c1-15-6-2-3-12-11(8-15)10-5-4-9(14)7-13(10)16-12/h4-5,7H,2-3,6,8H2,1H3. The molecule has 0 spiro atoms. The van der Waals surface area contributed by atoms with Gasteiger partial charge in [0.05, 0.1) is 0 Å². The van der Waals surface area contributed by atoms with Gasteiger partial charge < -0.3 is 9.32 Å². The predicted molar refractivity (Wildman–Crippen MR) is 60.8 cm³/mol. The van der Waals surface area contributed by atoms with Crippen LogP contribution in [0.5, 0.6) is 0 Å². The molecule has 2 nitrogen and oxygen atoms in total. The lowest BCUT2D eigenvalue weighted by Gasteiger charge is -2.12. The Labute approximate surface area is 93.7 Å². The van der Waals surface area contributed by atoms with E-state index >= 15 is 0 Å². The van der Waals surface area contributed by atoms with Crippen LogP contribution in [0.2, 0.25) is 0 Å². The lowest BCUT2D eigenvalue weighted by atomic mass is 10.1. The maximum Gasteiger partial charge on any atom is 0.137 e. The molecule has 0 N–H and O–H groups in total. The maximum absolute atomic E-state index is 13.1. The summed E-state index contributed by atoms with van der Waals surface area (Å²) in [4.78, 5) is 2.28. The van der Waals surface area contributed by atoms with Gasteiger partial charge in [-0.05, 0) is 32.1 Å². The number of hydrogen-bond acceptors (Lipinski definition) is 2. The van der Waals surface area contributed by atoms with E-state index < -0.39 is 0 Å². The molecule has 0 bridgehead atoms. The van der Waals surface area contributed by atoms with Crippen molar-refractivity contribution in [3.63, 3.8) is 0 Å². The lowest BCUT2D eigenvalue weighted by Crippen LogP contribution is -2.16. The maximum atomic E-state index is 13.1. The van der Waals surface area contributed by atoms with Crippen LogP contribution in [0.3, 0.4) is 0 Å². The molecule has 0 amide bonds. The van der Waals surface area contributed by atoms with E-state index in [0.717, 1.165) is 37.1 Å². The van der Waals surface area contributed by atoms with Crippen LogP contribution >= 0.6 is 0 Å². The average Bonchev–Trinajstić information content (AvgIpc) is 2.45. The molecule has 0 radical (unpaired) electrons. The summed E-state index contributed by atoms with van der Waals surface area (Å²) in [6, 6.07) is 4.80. The van der Waals surface area contributed by atoms with Crippen LogP contribution in [-0.4, -0.2) is 18.5 Å². The summed E-state index contributed by atoms with van der Waals surface area (Å²) in [6.07, 6.45) is 2.06. The number of hydrogen-bond donors (Lipinski definition) is 0. The fraction of sp³-hybridized carbons (Fsp3) is 0.385. The van der Waals surface area contributed by atoms with Crippen molar-refractivity contribution in [1.82, 2.24) is 4.90 Å². The number of furan rings is 1. The number of fused-ring (bicyclic) bond motifs is 3. The number of aryl methyl sites for hydroxylation is 1. The molecule has 0 aliphatic carbocycles. The highest BCUT2D eigenvalue weighted by atomic mass is 19.1. The van der Waals surface area contributed by atoms with Crippen molar-refractivity contribution >= 4 is 11.0 Å². The molecule has 3 rings (SSSR count). The lowest BCUT2D eigenvalue weighted by molar-refractivity contribution is 0.333. The molecule has 0 fully saturated rings. The second kappa shape index (κ2) is 3.59. The van der Waals surface area contributed by atoms with E-state index in [9.17, 15) is 4.39 Å². The summed E-state index contributed by atoms with van der Waals surface area (Å²) in [5, 5.41) is 1.06. The van der Waals surface area contributed by atoms with Crippen LogP contribution in [0, 0.1) is 5.82 Å². The van der Waals surface area contributed by atoms with Gasteiger partial charge in [-0.2, -0.15) is 0 Å². The summed E-state index contributed by atoms with van der Waals surface area (Å²) < 4.78 is 18.8. The number of nitrogens with zero attached hydrogens (tertiary/aromatic N) is 1. The molecule has 2 heterocycles. The zero-order valence-electron chi connectivity index (χ0n) is 9.29. The van der Waals surface area contributed by atoms with Gasteiger partial charge in [-0.15, -0.1) is 0 Å². The second-order valence-corrected chi connectivity index (χ2v) is 4.49. The summed E-state index contributed by atoms with van der Waals surface area (Å²) in [5.74, 6) is 0.801. The summed E-state index contributed by atoms with van der Waals surface area (Å²) in [7, 11) is 2.11. The molecular formula is C13H14FNO. The van der Waals surface area contributed by atoms with Crippen molar-refractivity contribution in [2.45, 2.75) is 19.4 Å². The monoisotopic (exact) mass is 219 g/mol. The Kier molecular flexibility index (Phi) is 2.21. The fourth-order valence-corrected chi connectivity index (χ4v) is 2.41. The topological polar surface area (TPSA) is 16.4 Å². The molecule has 0 unspecified atom stereocenters. The summed E-state index contributed by atoms with van der Waals surface area (Å²) in [6.45, 7) is 1.99. The number of halogens is 1. The Morgan fingerprint density at radius 3 is 3.12 bits per heavy atom. The molecule has 2 aromatic rings. The van der Waals surface area contributed by atoms with Crippen molar-refractivity contribution in [2.75, 3.05) is 13.6 Å². The van der Waals surface area contributed by atoms with E-state index in [1.165, 1.54) is 17.7 Å². The first-order valence-electron chi connectivity index (χ1n) is 5.62. The van der Waals surface area contributed by atoms with Gasteiger partial charge in [0.15, 0.2) is 0 Å². The fourth-order valence-electron chi connectivity index (χ4n) is 2.41. The highest BCUT2D eigenvalue weighted by Crippen LogP contribution is 2.30. The van der Waals surface area contributed by atoms with E-state index in [4.69, 9.17) is 4.42 Å². The third-order valence-corrected chi connectivity index (χ3v) is 3.21. The minimum atomic E-state index is -0.232. The second-order valence-electron chi connectivity index (χ2n) is 4.49. The highest BCUT2D eigenvalue weighted by Gasteiger charge is 2.18. The Balaban J connectivity index is 2.19. The van der Waals surface area contributed by atoms with Crippen LogP contribution in [0.15, 0.2) is 22.6 Å². The van der Waals surface area contributed by atoms with Crippen LogP contribution in [0.25, 0.3) is 11.0 Å². The first-order chi connectivity index (χ1) is 7.74. The van der Waals surface area contributed by atoms with Crippen LogP contribution in [0.4, 0.5) is 4.39 Å². The molecule has 0 atom stereocenters. The third kappa shape index (κ3) is 1.52. The van der Waals surface area contributed by atoms with Crippen molar-refractivity contribution in [1.29, 1.82) is 0 Å². The Hall–Kier alpha value is -1.35. The normalized spacial score (nSPS) is 17.4. The van der Waals surface area contributed by atoms with Crippen molar-refractivity contribution in [3.8, 4) is 0 Å². The average molecular weight is 219 g/mol. The number of benzene rings is 1. The first-order valence-corrected chi connectivity index (χ1v) is 5.62. The van der Waals surface area contributed by atoms with Gasteiger partial charge in [0.25, 0.3) is 0 Å². The van der Waals surface area contributed by atoms with Gasteiger partial charge >= 0.3 is 0 Å². The predicted octanol–water partition coefficient (Wildman–Crippen LogP) is 2.95. The van der Waals surface area contributed by atoms with E-state index in [-0.39, 0.29) is 5.82 Å². The number of rotatable bonds is 0. The van der Waals surface area contributed by atoms with E-state index in [0.29, 0.717) is 5.58 Å². The molecule has 1 aliphatic rings. The molecule has 0 saturated carbocycles. The largest absolute Gasteiger partial charge is 0.461 e. The Morgan fingerprint density at radius 1 is 1.38 bits per heavy atom. The Morgan fingerprint density at radius 2 is 2.25 bits per heavy atom. The Bertz CT molecular complexity index is 532.